The number of likely N-dealkylation sites (N-methyl/N-ethyl adjacent to an activating group) is 1. The van der Waals surface area contributed by atoms with E-state index in [1.165, 1.54) is 29.2 Å². The molecule has 2 N–H and O–H groups in total. The molecule has 0 aromatic heterocycles. The molecular formula is C12H17N3O3S. The molecule has 0 aliphatic rings. The molecule has 19 heavy (non-hydrogen) atoms. The van der Waals surface area contributed by atoms with E-state index in [1.54, 1.807) is 18.8 Å². The number of carbonyl (C=O) groups is 1. The highest BCUT2D eigenvalue weighted by molar-refractivity contribution is 7.98. The van der Waals surface area contributed by atoms with Crippen LogP contribution in [0.1, 0.15) is 6.42 Å². The lowest BCUT2D eigenvalue weighted by molar-refractivity contribution is -0.384. The number of nitro benzene ring substituents is 1. The summed E-state index contributed by atoms with van der Waals surface area (Å²) in [6, 6.07) is 5.26. The maximum Gasteiger partial charge on any atom is 0.269 e. The van der Waals surface area contributed by atoms with Gasteiger partial charge in [0.25, 0.3) is 5.69 Å². The Hall–Kier alpha value is -1.60. The van der Waals surface area contributed by atoms with Gasteiger partial charge in [0.1, 0.15) is 0 Å². The van der Waals surface area contributed by atoms with E-state index in [0.29, 0.717) is 12.1 Å². The summed E-state index contributed by atoms with van der Waals surface area (Å²) in [7, 11) is 1.61. The summed E-state index contributed by atoms with van der Waals surface area (Å²) in [4.78, 5) is 23.5. The van der Waals surface area contributed by atoms with Crippen molar-refractivity contribution in [2.45, 2.75) is 12.5 Å². The minimum absolute atomic E-state index is 0.00344. The Bertz CT molecular complexity index is 450. The molecule has 0 heterocycles. The number of thioether (sulfide) groups is 1. The van der Waals surface area contributed by atoms with Gasteiger partial charge in [-0.25, -0.2) is 0 Å². The number of nitro groups is 1. The van der Waals surface area contributed by atoms with Crippen molar-refractivity contribution in [3.63, 3.8) is 0 Å². The summed E-state index contributed by atoms with van der Waals surface area (Å²) in [5.41, 5.74) is 6.40. The molecule has 0 radical (unpaired) electrons. The monoisotopic (exact) mass is 283 g/mol. The van der Waals surface area contributed by atoms with Crippen LogP contribution in [0.5, 0.6) is 0 Å². The van der Waals surface area contributed by atoms with Crippen LogP contribution in [0.2, 0.25) is 0 Å². The van der Waals surface area contributed by atoms with Gasteiger partial charge in [-0.3, -0.25) is 14.9 Å². The Morgan fingerprint density at radius 2 is 2.05 bits per heavy atom. The molecule has 0 aliphatic heterocycles. The van der Waals surface area contributed by atoms with Crippen LogP contribution in [-0.2, 0) is 4.79 Å². The van der Waals surface area contributed by atoms with Crippen LogP contribution < -0.4 is 10.6 Å². The highest BCUT2D eigenvalue weighted by atomic mass is 32.2. The predicted molar refractivity (Wildman–Crippen MR) is 77.5 cm³/mol. The first-order valence-electron chi connectivity index (χ1n) is 5.74. The maximum atomic E-state index is 12.0. The van der Waals surface area contributed by atoms with Crippen molar-refractivity contribution in [1.82, 2.24) is 0 Å². The van der Waals surface area contributed by atoms with Gasteiger partial charge in [-0.2, -0.15) is 11.8 Å². The number of anilines is 1. The zero-order valence-electron chi connectivity index (χ0n) is 10.9. The van der Waals surface area contributed by atoms with Crippen LogP contribution >= 0.6 is 11.8 Å². The predicted octanol–water partition coefficient (Wildman–Crippen LogP) is 1.64. The normalized spacial score (nSPS) is 11.9. The Balaban J connectivity index is 2.73. The smallest absolute Gasteiger partial charge is 0.269 e. The Morgan fingerprint density at radius 3 is 2.53 bits per heavy atom. The Kier molecular flexibility index (Phi) is 5.78. The zero-order valence-corrected chi connectivity index (χ0v) is 11.7. The van der Waals surface area contributed by atoms with Crippen LogP contribution in [0, 0.1) is 10.1 Å². The molecule has 0 saturated carbocycles. The van der Waals surface area contributed by atoms with Crippen LogP contribution in [0.15, 0.2) is 24.3 Å². The number of carbonyl (C=O) groups excluding carboxylic acids is 1. The SMILES string of the molecule is CSCC[C@H](N)C(=O)N(C)c1ccc([N+](=O)[O-])cc1. The molecule has 104 valence electrons. The lowest BCUT2D eigenvalue weighted by Crippen LogP contribution is -2.42. The summed E-state index contributed by atoms with van der Waals surface area (Å²) in [6.07, 6.45) is 2.56. The average Bonchev–Trinajstić information content (AvgIpc) is 2.43. The molecule has 6 nitrogen and oxygen atoms in total. The Labute approximate surface area is 116 Å². The number of hydrogen-bond acceptors (Lipinski definition) is 5. The zero-order chi connectivity index (χ0) is 14.4. The highest BCUT2D eigenvalue weighted by Gasteiger charge is 2.19. The van der Waals surface area contributed by atoms with E-state index >= 15 is 0 Å². The third kappa shape index (κ3) is 4.22. The van der Waals surface area contributed by atoms with E-state index in [-0.39, 0.29) is 11.6 Å². The van der Waals surface area contributed by atoms with Crippen molar-refractivity contribution in [2.24, 2.45) is 5.73 Å². The van der Waals surface area contributed by atoms with Gasteiger partial charge < -0.3 is 10.6 Å². The summed E-state index contributed by atoms with van der Waals surface area (Å²) in [5.74, 6) is 0.629. The lowest BCUT2D eigenvalue weighted by Gasteiger charge is -2.21. The average molecular weight is 283 g/mol. The van der Waals surface area contributed by atoms with Crippen molar-refractivity contribution < 1.29 is 9.72 Å². The minimum Gasteiger partial charge on any atom is -0.320 e. The van der Waals surface area contributed by atoms with Gasteiger partial charge in [-0.05, 0) is 30.6 Å². The third-order valence-corrected chi connectivity index (χ3v) is 3.37. The van der Waals surface area contributed by atoms with Crippen LogP contribution in [0.4, 0.5) is 11.4 Å². The lowest BCUT2D eigenvalue weighted by atomic mass is 10.2. The highest BCUT2D eigenvalue weighted by Crippen LogP contribution is 2.19. The van der Waals surface area contributed by atoms with Gasteiger partial charge in [-0.1, -0.05) is 0 Å². The van der Waals surface area contributed by atoms with E-state index in [1.807, 2.05) is 6.26 Å². The molecule has 1 rings (SSSR count). The quantitative estimate of drug-likeness (QED) is 0.633. The first kappa shape index (κ1) is 15.5. The Morgan fingerprint density at radius 1 is 1.47 bits per heavy atom. The van der Waals surface area contributed by atoms with Crippen molar-refractivity contribution in [1.29, 1.82) is 0 Å². The molecule has 0 spiro atoms. The molecule has 1 aromatic rings. The van der Waals surface area contributed by atoms with Gasteiger partial charge >= 0.3 is 0 Å². The summed E-state index contributed by atoms with van der Waals surface area (Å²) in [6.45, 7) is 0. The number of non-ortho nitro benzene ring substituents is 1. The largest absolute Gasteiger partial charge is 0.320 e. The van der Waals surface area contributed by atoms with Crippen LogP contribution in [0.25, 0.3) is 0 Å². The van der Waals surface area contributed by atoms with Crippen molar-refractivity contribution in [3.05, 3.63) is 34.4 Å². The first-order chi connectivity index (χ1) is 8.97. The molecule has 0 fully saturated rings. The van der Waals surface area contributed by atoms with Crippen molar-refractivity contribution in [2.75, 3.05) is 24.0 Å². The number of hydrogen-bond donors (Lipinski definition) is 1. The molecule has 0 bridgehead atoms. The van der Waals surface area contributed by atoms with Crippen LogP contribution in [0.3, 0.4) is 0 Å². The first-order valence-corrected chi connectivity index (χ1v) is 7.13. The van der Waals surface area contributed by atoms with E-state index < -0.39 is 11.0 Å². The molecule has 0 unspecified atom stereocenters. The fourth-order valence-electron chi connectivity index (χ4n) is 1.54. The van der Waals surface area contributed by atoms with Gasteiger partial charge in [0.2, 0.25) is 5.91 Å². The second-order valence-corrected chi connectivity index (χ2v) is 5.04. The molecule has 1 atom stereocenters. The van der Waals surface area contributed by atoms with Gasteiger partial charge in [0.05, 0.1) is 11.0 Å². The number of benzene rings is 1. The molecular weight excluding hydrogens is 266 g/mol. The van der Waals surface area contributed by atoms with Crippen molar-refractivity contribution >= 4 is 29.0 Å². The standard InChI is InChI=1S/C12H17N3O3S/c1-14(12(16)11(13)7-8-19-2)9-3-5-10(6-4-9)15(17)18/h3-6,11H,7-8,13H2,1-2H3/t11-/m0/s1. The number of nitrogens with two attached hydrogens (primary N) is 1. The molecule has 1 aromatic carbocycles. The van der Waals surface area contributed by atoms with Gasteiger partial charge in [0.15, 0.2) is 0 Å². The summed E-state index contributed by atoms with van der Waals surface area (Å²) in [5, 5.41) is 10.5. The van der Waals surface area contributed by atoms with Gasteiger partial charge in [-0.15, -0.1) is 0 Å². The van der Waals surface area contributed by atoms with E-state index in [0.717, 1.165) is 5.75 Å². The number of nitrogens with zero attached hydrogens (tertiary/aromatic N) is 2. The second kappa shape index (κ2) is 7.10. The van der Waals surface area contributed by atoms with E-state index in [4.69, 9.17) is 5.73 Å². The molecule has 7 heteroatoms. The fourth-order valence-corrected chi connectivity index (χ4v) is 2.03. The fraction of sp³-hybridized carbons (Fsp3) is 0.417. The molecule has 0 saturated heterocycles. The molecule has 0 aliphatic carbocycles. The number of amides is 1. The number of rotatable bonds is 6. The summed E-state index contributed by atoms with van der Waals surface area (Å²) >= 11 is 1.63. The summed E-state index contributed by atoms with van der Waals surface area (Å²) < 4.78 is 0. The van der Waals surface area contributed by atoms with Crippen LogP contribution in [-0.4, -0.2) is 35.9 Å². The molecule has 1 amide bonds. The maximum absolute atomic E-state index is 12.0. The minimum atomic E-state index is -0.548. The van der Waals surface area contributed by atoms with E-state index in [9.17, 15) is 14.9 Å². The second-order valence-electron chi connectivity index (χ2n) is 4.06. The van der Waals surface area contributed by atoms with Gasteiger partial charge in [0, 0.05) is 24.9 Å². The van der Waals surface area contributed by atoms with E-state index in [2.05, 4.69) is 0 Å². The third-order valence-electron chi connectivity index (χ3n) is 2.73. The topological polar surface area (TPSA) is 89.5 Å². The van der Waals surface area contributed by atoms with Crippen molar-refractivity contribution in [3.8, 4) is 0 Å².